The molecule has 0 radical (unpaired) electrons. The van der Waals surface area contributed by atoms with Gasteiger partial charge in [-0.3, -0.25) is 9.98 Å². The van der Waals surface area contributed by atoms with Crippen molar-refractivity contribution in [2.75, 3.05) is 5.75 Å². The van der Waals surface area contributed by atoms with E-state index in [1.54, 1.807) is 0 Å². The topological polar surface area (TPSA) is 37.3 Å². The van der Waals surface area contributed by atoms with E-state index in [1.807, 2.05) is 24.0 Å². The molecule has 1 saturated heterocycles. The van der Waals surface area contributed by atoms with E-state index in [0.29, 0.717) is 12.1 Å². The van der Waals surface area contributed by atoms with Crippen LogP contribution in [0.5, 0.6) is 0 Å². The molecule has 3 nitrogen and oxygen atoms in total. The van der Waals surface area contributed by atoms with E-state index in [4.69, 9.17) is 4.99 Å². The Hall–Kier alpha value is -1.03. The van der Waals surface area contributed by atoms with Crippen molar-refractivity contribution in [3.8, 4) is 0 Å². The van der Waals surface area contributed by atoms with Crippen LogP contribution in [0.4, 0.5) is 0 Å². The molecule has 3 rings (SSSR count). The summed E-state index contributed by atoms with van der Waals surface area (Å²) in [4.78, 5) is 9.14. The fourth-order valence-electron chi connectivity index (χ4n) is 3.01. The van der Waals surface area contributed by atoms with Crippen molar-refractivity contribution in [1.29, 1.82) is 0 Å². The molecule has 1 N–H and O–H groups in total. The van der Waals surface area contributed by atoms with Gasteiger partial charge in [-0.05, 0) is 50.2 Å². The fourth-order valence-corrected chi connectivity index (χ4v) is 4.22. The molecule has 2 fully saturated rings. The lowest BCUT2D eigenvalue weighted by atomic mass is 9.78. The summed E-state index contributed by atoms with van der Waals surface area (Å²) in [7, 11) is 0. The Morgan fingerprint density at radius 1 is 1.45 bits per heavy atom. The Bertz CT molecular complexity index is 504. The smallest absolute Gasteiger partial charge is 0.157 e. The third-order valence-corrected chi connectivity index (χ3v) is 5.78. The lowest BCUT2D eigenvalue weighted by Gasteiger charge is -2.35. The fraction of sp³-hybridized carbons (Fsp3) is 0.625. The van der Waals surface area contributed by atoms with E-state index in [-0.39, 0.29) is 0 Å². The van der Waals surface area contributed by atoms with Crippen LogP contribution in [0.3, 0.4) is 0 Å². The van der Waals surface area contributed by atoms with E-state index >= 15 is 0 Å². The molecule has 2 aliphatic rings. The molecule has 2 heterocycles. The molecule has 0 aromatic carbocycles. The Morgan fingerprint density at radius 2 is 2.25 bits per heavy atom. The van der Waals surface area contributed by atoms with Gasteiger partial charge in [0, 0.05) is 17.5 Å². The van der Waals surface area contributed by atoms with Gasteiger partial charge in [0.2, 0.25) is 0 Å². The summed E-state index contributed by atoms with van der Waals surface area (Å²) in [6, 6.07) is 4.08. The van der Waals surface area contributed by atoms with Crippen LogP contribution in [0.15, 0.2) is 23.3 Å². The van der Waals surface area contributed by atoms with Gasteiger partial charge in [0.1, 0.15) is 0 Å². The standard InChI is InChI=1S/C16H23N3S/c1-12-5-7-16(8-6-12)11-20-15(19-16)18-10-14-13(2)4-3-9-17-14/h3-4,9,12H,5-8,10-11H2,1-2H3,(H,18,19). The molecule has 4 heteroatoms. The Balaban J connectivity index is 1.62. The lowest BCUT2D eigenvalue weighted by Crippen LogP contribution is -2.46. The third kappa shape index (κ3) is 3.00. The number of aliphatic imine (C=N–C) groups is 1. The van der Waals surface area contributed by atoms with E-state index in [2.05, 4.69) is 30.2 Å². The number of hydrogen-bond donors (Lipinski definition) is 1. The predicted octanol–water partition coefficient (Wildman–Crippen LogP) is 3.53. The highest BCUT2D eigenvalue weighted by molar-refractivity contribution is 8.14. The van der Waals surface area contributed by atoms with Gasteiger partial charge in [-0.1, -0.05) is 24.8 Å². The summed E-state index contributed by atoms with van der Waals surface area (Å²) in [5.74, 6) is 2.07. The second kappa shape index (κ2) is 5.76. The number of hydrogen-bond acceptors (Lipinski definition) is 3. The van der Waals surface area contributed by atoms with Crippen LogP contribution in [0, 0.1) is 12.8 Å². The Kier molecular flexibility index (Phi) is 4.01. The van der Waals surface area contributed by atoms with Gasteiger partial charge in [0.25, 0.3) is 0 Å². The number of pyridine rings is 1. The normalized spacial score (nSPS) is 31.7. The zero-order valence-corrected chi connectivity index (χ0v) is 13.2. The summed E-state index contributed by atoms with van der Waals surface area (Å²) in [5.41, 5.74) is 2.64. The average Bonchev–Trinajstić information content (AvgIpc) is 2.85. The molecule has 1 aliphatic heterocycles. The molecule has 1 aliphatic carbocycles. The highest BCUT2D eigenvalue weighted by atomic mass is 32.2. The summed E-state index contributed by atoms with van der Waals surface area (Å²) < 4.78 is 0. The maximum absolute atomic E-state index is 4.73. The Morgan fingerprint density at radius 3 is 3.00 bits per heavy atom. The van der Waals surface area contributed by atoms with Crippen LogP contribution in [-0.4, -0.2) is 21.4 Å². The first kappa shape index (κ1) is 13.9. The summed E-state index contributed by atoms with van der Waals surface area (Å²) >= 11 is 1.89. The van der Waals surface area contributed by atoms with Crippen molar-refractivity contribution in [2.24, 2.45) is 10.9 Å². The maximum atomic E-state index is 4.73. The van der Waals surface area contributed by atoms with Crippen molar-refractivity contribution in [3.05, 3.63) is 29.6 Å². The van der Waals surface area contributed by atoms with E-state index in [9.17, 15) is 0 Å². The van der Waals surface area contributed by atoms with Gasteiger partial charge < -0.3 is 5.32 Å². The molecule has 0 atom stereocenters. The number of amidine groups is 1. The molecular formula is C16H23N3S. The minimum atomic E-state index is 0.329. The van der Waals surface area contributed by atoms with Gasteiger partial charge in [-0.15, -0.1) is 0 Å². The SMILES string of the molecule is Cc1cccnc1CN=C1NC2(CCC(C)CC2)CS1. The van der Waals surface area contributed by atoms with Crippen LogP contribution in [0.1, 0.15) is 43.9 Å². The monoisotopic (exact) mass is 289 g/mol. The minimum absolute atomic E-state index is 0.329. The van der Waals surface area contributed by atoms with Crippen LogP contribution in [0.2, 0.25) is 0 Å². The Labute approximate surface area is 125 Å². The van der Waals surface area contributed by atoms with E-state index in [0.717, 1.165) is 16.8 Å². The molecular weight excluding hydrogens is 266 g/mol. The van der Waals surface area contributed by atoms with Gasteiger partial charge in [-0.2, -0.15) is 0 Å². The van der Waals surface area contributed by atoms with Crippen LogP contribution in [0.25, 0.3) is 0 Å². The van der Waals surface area contributed by atoms with Gasteiger partial charge in [0.15, 0.2) is 5.17 Å². The maximum Gasteiger partial charge on any atom is 0.157 e. The van der Waals surface area contributed by atoms with Gasteiger partial charge in [0.05, 0.1) is 12.2 Å². The van der Waals surface area contributed by atoms with Gasteiger partial charge in [-0.25, -0.2) is 0 Å². The molecule has 1 aromatic rings. The van der Waals surface area contributed by atoms with E-state index < -0.39 is 0 Å². The highest BCUT2D eigenvalue weighted by Crippen LogP contribution is 2.38. The van der Waals surface area contributed by atoms with Crippen LogP contribution >= 0.6 is 11.8 Å². The summed E-state index contributed by atoms with van der Waals surface area (Å²) in [6.07, 6.45) is 7.13. The van der Waals surface area contributed by atoms with Crippen molar-refractivity contribution in [3.63, 3.8) is 0 Å². The molecule has 0 unspecified atom stereocenters. The minimum Gasteiger partial charge on any atom is -0.359 e. The molecule has 1 aromatic heterocycles. The quantitative estimate of drug-likeness (QED) is 0.905. The first-order chi connectivity index (χ1) is 9.67. The van der Waals surface area contributed by atoms with Gasteiger partial charge >= 0.3 is 0 Å². The van der Waals surface area contributed by atoms with E-state index in [1.165, 1.54) is 37.0 Å². The zero-order valence-electron chi connectivity index (χ0n) is 12.4. The van der Waals surface area contributed by atoms with Crippen molar-refractivity contribution < 1.29 is 0 Å². The third-order valence-electron chi connectivity index (χ3n) is 4.58. The van der Waals surface area contributed by atoms with Crippen LogP contribution < -0.4 is 5.32 Å². The largest absolute Gasteiger partial charge is 0.359 e. The molecule has 0 amide bonds. The van der Waals surface area contributed by atoms with Crippen molar-refractivity contribution in [1.82, 2.24) is 10.3 Å². The number of aryl methyl sites for hydroxylation is 1. The number of nitrogens with zero attached hydrogens (tertiary/aromatic N) is 2. The van der Waals surface area contributed by atoms with Crippen molar-refractivity contribution >= 4 is 16.9 Å². The average molecular weight is 289 g/mol. The molecule has 0 bridgehead atoms. The molecule has 108 valence electrons. The molecule has 20 heavy (non-hydrogen) atoms. The number of rotatable bonds is 2. The zero-order chi connectivity index (χ0) is 14.0. The first-order valence-corrected chi connectivity index (χ1v) is 8.51. The molecule has 1 saturated carbocycles. The molecule has 1 spiro atoms. The highest BCUT2D eigenvalue weighted by Gasteiger charge is 2.39. The number of nitrogens with one attached hydrogen (secondary N) is 1. The number of thioether (sulfide) groups is 1. The second-order valence-electron chi connectivity index (χ2n) is 6.26. The lowest BCUT2D eigenvalue weighted by molar-refractivity contribution is 0.251. The predicted molar refractivity (Wildman–Crippen MR) is 86.1 cm³/mol. The van der Waals surface area contributed by atoms with Crippen molar-refractivity contribution in [2.45, 2.75) is 51.6 Å². The first-order valence-electron chi connectivity index (χ1n) is 7.53. The number of aromatic nitrogens is 1. The van der Waals surface area contributed by atoms with Crippen LogP contribution in [-0.2, 0) is 6.54 Å². The summed E-state index contributed by atoms with van der Waals surface area (Å²) in [5, 5.41) is 4.82. The summed E-state index contributed by atoms with van der Waals surface area (Å²) in [6.45, 7) is 5.16. The second-order valence-corrected chi connectivity index (χ2v) is 7.23.